The number of benzene rings is 1. The number of aromatic amines is 1. The monoisotopic (exact) mass is 315 g/mol. The minimum absolute atomic E-state index is 0.0682. The van der Waals surface area contributed by atoms with Crippen molar-refractivity contribution in [2.75, 3.05) is 0 Å². The molecule has 1 aromatic carbocycles. The normalized spacial score (nSPS) is 11.2. The van der Waals surface area contributed by atoms with E-state index < -0.39 is 11.7 Å². The molecule has 0 unspecified atom stereocenters. The standard InChI is InChI=1S/C15H8F3N5/c16-15(17,18)10-4-1-3-9(7-10)11-5-2-6-12(20-11)14-13(8-19)21-23-22-14/h1-7H,(H,21,22,23). The molecule has 0 atom stereocenters. The van der Waals surface area contributed by atoms with Crippen LogP contribution in [0.1, 0.15) is 11.3 Å². The van der Waals surface area contributed by atoms with Gasteiger partial charge in [0.15, 0.2) is 5.69 Å². The molecule has 0 saturated carbocycles. The molecule has 3 aromatic rings. The summed E-state index contributed by atoms with van der Waals surface area (Å²) in [6.07, 6.45) is -4.42. The lowest BCUT2D eigenvalue weighted by molar-refractivity contribution is -0.137. The maximum Gasteiger partial charge on any atom is 0.416 e. The zero-order valence-corrected chi connectivity index (χ0v) is 11.5. The molecule has 2 heterocycles. The molecule has 0 amide bonds. The molecule has 0 fully saturated rings. The predicted octanol–water partition coefficient (Wildman–Crippen LogP) is 3.42. The second kappa shape index (κ2) is 5.53. The molecule has 0 radical (unpaired) electrons. The average molecular weight is 315 g/mol. The van der Waals surface area contributed by atoms with Gasteiger partial charge in [-0.15, -0.1) is 5.10 Å². The van der Waals surface area contributed by atoms with E-state index in [0.717, 1.165) is 12.1 Å². The third-order valence-corrected chi connectivity index (χ3v) is 3.13. The summed E-state index contributed by atoms with van der Waals surface area (Å²) in [6, 6.07) is 11.6. The lowest BCUT2D eigenvalue weighted by atomic mass is 10.1. The quantitative estimate of drug-likeness (QED) is 0.786. The largest absolute Gasteiger partial charge is 0.416 e. The minimum atomic E-state index is -4.42. The average Bonchev–Trinajstić information content (AvgIpc) is 3.03. The summed E-state index contributed by atoms with van der Waals surface area (Å²) in [7, 11) is 0. The van der Waals surface area contributed by atoms with E-state index in [9.17, 15) is 13.2 Å². The van der Waals surface area contributed by atoms with Crippen LogP contribution in [0.2, 0.25) is 0 Å². The van der Waals surface area contributed by atoms with Crippen LogP contribution in [0.15, 0.2) is 42.5 Å². The zero-order chi connectivity index (χ0) is 16.4. The Morgan fingerprint density at radius 2 is 1.74 bits per heavy atom. The molecule has 0 bridgehead atoms. The number of H-pyrrole nitrogens is 1. The molecule has 0 aliphatic heterocycles. The second-order valence-electron chi connectivity index (χ2n) is 4.62. The fraction of sp³-hybridized carbons (Fsp3) is 0.0667. The Morgan fingerprint density at radius 1 is 1.00 bits per heavy atom. The van der Waals surface area contributed by atoms with Crippen molar-refractivity contribution in [3.8, 4) is 28.7 Å². The number of halogens is 3. The van der Waals surface area contributed by atoms with Crippen LogP contribution in [0, 0.1) is 11.3 Å². The van der Waals surface area contributed by atoms with Gasteiger partial charge in [-0.3, -0.25) is 0 Å². The highest BCUT2D eigenvalue weighted by atomic mass is 19.4. The summed E-state index contributed by atoms with van der Waals surface area (Å²) in [5, 5.41) is 18.8. The van der Waals surface area contributed by atoms with Crippen LogP contribution in [0.3, 0.4) is 0 Å². The van der Waals surface area contributed by atoms with Crippen LogP contribution >= 0.6 is 0 Å². The van der Waals surface area contributed by atoms with E-state index in [1.165, 1.54) is 12.1 Å². The van der Waals surface area contributed by atoms with Crippen molar-refractivity contribution in [2.45, 2.75) is 6.18 Å². The first-order valence-corrected chi connectivity index (χ1v) is 6.45. The van der Waals surface area contributed by atoms with Crippen LogP contribution in [0.4, 0.5) is 13.2 Å². The number of alkyl halides is 3. The molecule has 0 aliphatic rings. The summed E-state index contributed by atoms with van der Waals surface area (Å²) < 4.78 is 38.4. The van der Waals surface area contributed by atoms with Gasteiger partial charge in [0.1, 0.15) is 11.8 Å². The van der Waals surface area contributed by atoms with Crippen LogP contribution in [-0.2, 0) is 6.18 Å². The Morgan fingerprint density at radius 3 is 2.48 bits per heavy atom. The summed E-state index contributed by atoms with van der Waals surface area (Å²) in [5.74, 6) is 0. The fourth-order valence-corrected chi connectivity index (χ4v) is 2.07. The van der Waals surface area contributed by atoms with Crippen LogP contribution in [0.25, 0.3) is 22.6 Å². The van der Waals surface area contributed by atoms with E-state index in [1.54, 1.807) is 18.2 Å². The van der Waals surface area contributed by atoms with Crippen LogP contribution in [0.5, 0.6) is 0 Å². The highest BCUT2D eigenvalue weighted by Gasteiger charge is 2.30. The SMILES string of the molecule is N#Cc1n[nH]nc1-c1cccc(-c2cccc(C(F)(F)F)c2)n1. The molecule has 3 rings (SSSR count). The number of nitrogens with zero attached hydrogens (tertiary/aromatic N) is 4. The second-order valence-corrected chi connectivity index (χ2v) is 4.62. The Labute approximate surface area is 128 Å². The number of aromatic nitrogens is 4. The van der Waals surface area contributed by atoms with Crippen molar-refractivity contribution < 1.29 is 13.2 Å². The molecule has 114 valence electrons. The van der Waals surface area contributed by atoms with Crippen LogP contribution in [-0.4, -0.2) is 20.4 Å². The van der Waals surface area contributed by atoms with Crippen molar-refractivity contribution in [3.05, 3.63) is 53.7 Å². The van der Waals surface area contributed by atoms with Gasteiger partial charge in [-0.1, -0.05) is 18.2 Å². The van der Waals surface area contributed by atoms with E-state index in [1.807, 2.05) is 6.07 Å². The van der Waals surface area contributed by atoms with Crippen molar-refractivity contribution in [2.24, 2.45) is 0 Å². The van der Waals surface area contributed by atoms with E-state index in [0.29, 0.717) is 17.0 Å². The molecule has 8 heteroatoms. The molecule has 0 spiro atoms. The van der Waals surface area contributed by atoms with Gasteiger partial charge < -0.3 is 0 Å². The Balaban J connectivity index is 2.06. The Hall–Kier alpha value is -3.21. The first-order chi connectivity index (χ1) is 11.0. The van der Waals surface area contributed by atoms with Gasteiger partial charge in [0.25, 0.3) is 0 Å². The molecule has 1 N–H and O–H groups in total. The first-order valence-electron chi connectivity index (χ1n) is 6.45. The van der Waals surface area contributed by atoms with E-state index in [2.05, 4.69) is 20.4 Å². The van der Waals surface area contributed by atoms with E-state index in [4.69, 9.17) is 5.26 Å². The fourth-order valence-electron chi connectivity index (χ4n) is 2.07. The van der Waals surface area contributed by atoms with Crippen molar-refractivity contribution in [1.29, 1.82) is 5.26 Å². The number of hydrogen-bond donors (Lipinski definition) is 1. The molecule has 5 nitrogen and oxygen atoms in total. The highest BCUT2D eigenvalue weighted by molar-refractivity contribution is 5.66. The number of pyridine rings is 1. The number of hydrogen-bond acceptors (Lipinski definition) is 4. The minimum Gasteiger partial charge on any atom is -0.246 e. The molecule has 23 heavy (non-hydrogen) atoms. The molecule has 0 saturated heterocycles. The van der Waals surface area contributed by atoms with Gasteiger partial charge in [-0.25, -0.2) is 4.98 Å². The maximum atomic E-state index is 12.8. The van der Waals surface area contributed by atoms with Crippen molar-refractivity contribution in [1.82, 2.24) is 20.4 Å². The molecule has 0 aliphatic carbocycles. The van der Waals surface area contributed by atoms with Gasteiger partial charge in [0, 0.05) is 5.56 Å². The summed E-state index contributed by atoms with van der Waals surface area (Å²) in [6.45, 7) is 0. The number of nitrogens with one attached hydrogen (secondary N) is 1. The number of nitriles is 1. The zero-order valence-electron chi connectivity index (χ0n) is 11.5. The summed E-state index contributed by atoms with van der Waals surface area (Å²) in [5.41, 5.74) is 0.593. The van der Waals surface area contributed by atoms with Crippen molar-refractivity contribution >= 4 is 0 Å². The summed E-state index contributed by atoms with van der Waals surface area (Å²) in [4.78, 5) is 4.28. The molecular weight excluding hydrogens is 307 g/mol. The lowest BCUT2D eigenvalue weighted by Crippen LogP contribution is -2.04. The Bertz CT molecular complexity index is 892. The van der Waals surface area contributed by atoms with E-state index >= 15 is 0 Å². The highest BCUT2D eigenvalue weighted by Crippen LogP contribution is 2.32. The van der Waals surface area contributed by atoms with Crippen molar-refractivity contribution in [3.63, 3.8) is 0 Å². The third-order valence-electron chi connectivity index (χ3n) is 3.13. The first kappa shape index (κ1) is 14.7. The van der Waals surface area contributed by atoms with E-state index in [-0.39, 0.29) is 11.4 Å². The van der Waals surface area contributed by atoms with Gasteiger partial charge in [-0.2, -0.15) is 28.7 Å². The maximum absolute atomic E-state index is 12.8. The van der Waals surface area contributed by atoms with Gasteiger partial charge in [0.2, 0.25) is 0 Å². The molecule has 2 aromatic heterocycles. The Kier molecular flexibility index (Phi) is 3.54. The van der Waals surface area contributed by atoms with Gasteiger partial charge in [-0.05, 0) is 24.3 Å². The lowest BCUT2D eigenvalue weighted by Gasteiger charge is -2.09. The molecular formula is C15H8F3N5. The number of rotatable bonds is 2. The van der Waals surface area contributed by atoms with Gasteiger partial charge >= 0.3 is 6.18 Å². The summed E-state index contributed by atoms with van der Waals surface area (Å²) >= 11 is 0. The predicted molar refractivity (Wildman–Crippen MR) is 74.8 cm³/mol. The van der Waals surface area contributed by atoms with Gasteiger partial charge in [0.05, 0.1) is 17.0 Å². The smallest absolute Gasteiger partial charge is 0.246 e. The topological polar surface area (TPSA) is 78.2 Å². The van der Waals surface area contributed by atoms with Crippen LogP contribution < -0.4 is 0 Å². The third kappa shape index (κ3) is 2.89.